The Hall–Kier alpha value is -1.39. The second-order valence-corrected chi connectivity index (χ2v) is 4.75. The van der Waals surface area contributed by atoms with Crippen molar-refractivity contribution < 1.29 is 9.50 Å². The van der Waals surface area contributed by atoms with E-state index >= 15 is 0 Å². The lowest BCUT2D eigenvalue weighted by molar-refractivity contribution is 0.199. The number of nitrogens with zero attached hydrogens (tertiary/aromatic N) is 1. The van der Waals surface area contributed by atoms with Gasteiger partial charge in [0.25, 0.3) is 0 Å². The van der Waals surface area contributed by atoms with E-state index in [1.807, 2.05) is 6.07 Å². The molecule has 0 aliphatic rings. The van der Waals surface area contributed by atoms with E-state index in [4.69, 9.17) is 0 Å². The lowest BCUT2D eigenvalue weighted by atomic mass is 10.2. The molecule has 1 atom stereocenters. The highest BCUT2D eigenvalue weighted by Crippen LogP contribution is 2.27. The summed E-state index contributed by atoms with van der Waals surface area (Å²) in [6.07, 6.45) is 1.15. The Morgan fingerprint density at radius 2 is 1.94 bits per heavy atom. The highest BCUT2D eigenvalue weighted by molar-refractivity contribution is 7.99. The van der Waals surface area contributed by atoms with Crippen LogP contribution in [-0.2, 0) is 0 Å². The zero-order valence-corrected chi connectivity index (χ0v) is 10.1. The normalized spacial score (nSPS) is 12.4. The molecule has 0 saturated heterocycles. The van der Waals surface area contributed by atoms with E-state index < -0.39 is 6.10 Å². The van der Waals surface area contributed by atoms with Gasteiger partial charge >= 0.3 is 0 Å². The summed E-state index contributed by atoms with van der Waals surface area (Å²) in [5.74, 6) is -0.250. The van der Waals surface area contributed by atoms with Crippen LogP contribution in [0.15, 0.2) is 52.5 Å². The molecule has 1 aromatic carbocycles. The van der Waals surface area contributed by atoms with Gasteiger partial charge in [0.1, 0.15) is 10.8 Å². The Bertz CT molecular complexity index is 499. The molecule has 0 saturated carbocycles. The molecule has 1 unspecified atom stereocenters. The highest BCUT2D eigenvalue weighted by atomic mass is 32.2. The third-order valence-electron chi connectivity index (χ3n) is 2.28. The van der Waals surface area contributed by atoms with Gasteiger partial charge in [0.15, 0.2) is 0 Å². The largest absolute Gasteiger partial charge is 0.389 e. The maximum absolute atomic E-state index is 12.7. The Kier molecular flexibility index (Phi) is 3.76. The fourth-order valence-electron chi connectivity index (χ4n) is 1.36. The minimum absolute atomic E-state index is 0.250. The summed E-state index contributed by atoms with van der Waals surface area (Å²) in [5, 5.41) is 10.3. The molecule has 4 heteroatoms. The van der Waals surface area contributed by atoms with Gasteiger partial charge in [-0.2, -0.15) is 0 Å². The molecule has 0 bridgehead atoms. The maximum Gasteiger partial charge on any atom is 0.123 e. The van der Waals surface area contributed by atoms with E-state index in [0.29, 0.717) is 0 Å². The van der Waals surface area contributed by atoms with Crippen molar-refractivity contribution in [1.29, 1.82) is 0 Å². The highest BCUT2D eigenvalue weighted by Gasteiger charge is 2.04. The lowest BCUT2D eigenvalue weighted by Crippen LogP contribution is -1.92. The molecule has 1 heterocycles. The van der Waals surface area contributed by atoms with Gasteiger partial charge < -0.3 is 5.11 Å². The van der Waals surface area contributed by atoms with Crippen molar-refractivity contribution in [2.45, 2.75) is 22.9 Å². The summed E-state index contributed by atoms with van der Waals surface area (Å²) in [5.41, 5.74) is 0.824. The third-order valence-corrected chi connectivity index (χ3v) is 3.22. The SMILES string of the molecule is CC(O)c1ccnc(Sc2ccc(F)cc2)c1. The van der Waals surface area contributed by atoms with Crippen LogP contribution in [-0.4, -0.2) is 10.1 Å². The van der Waals surface area contributed by atoms with E-state index in [-0.39, 0.29) is 5.82 Å². The fourth-order valence-corrected chi connectivity index (χ4v) is 2.19. The second kappa shape index (κ2) is 5.29. The first kappa shape index (κ1) is 12.1. The van der Waals surface area contributed by atoms with E-state index in [1.54, 1.807) is 31.3 Å². The zero-order chi connectivity index (χ0) is 12.3. The van der Waals surface area contributed by atoms with Crippen LogP contribution >= 0.6 is 11.8 Å². The number of hydrogen-bond acceptors (Lipinski definition) is 3. The number of aliphatic hydroxyl groups is 1. The summed E-state index contributed by atoms with van der Waals surface area (Å²) in [4.78, 5) is 5.12. The van der Waals surface area contributed by atoms with Crippen molar-refractivity contribution in [2.24, 2.45) is 0 Å². The van der Waals surface area contributed by atoms with Gasteiger partial charge in [-0.3, -0.25) is 0 Å². The quantitative estimate of drug-likeness (QED) is 0.904. The van der Waals surface area contributed by atoms with Crippen molar-refractivity contribution in [2.75, 3.05) is 0 Å². The number of pyridine rings is 1. The molecule has 0 aliphatic carbocycles. The third kappa shape index (κ3) is 3.28. The lowest BCUT2D eigenvalue weighted by Gasteiger charge is -2.06. The van der Waals surface area contributed by atoms with Gasteiger partial charge in [-0.15, -0.1) is 0 Å². The smallest absolute Gasteiger partial charge is 0.123 e. The number of aliphatic hydroxyl groups excluding tert-OH is 1. The summed E-state index contributed by atoms with van der Waals surface area (Å²) < 4.78 is 12.7. The van der Waals surface area contributed by atoms with Crippen LogP contribution in [0.4, 0.5) is 4.39 Å². The maximum atomic E-state index is 12.7. The molecule has 0 fully saturated rings. The van der Waals surface area contributed by atoms with Crippen molar-refractivity contribution in [3.05, 3.63) is 54.0 Å². The van der Waals surface area contributed by atoms with Crippen molar-refractivity contribution in [3.63, 3.8) is 0 Å². The standard InChI is InChI=1S/C13H12FNOS/c1-9(16)10-6-7-15-13(8-10)17-12-4-2-11(14)3-5-12/h2-9,16H,1H3. The van der Waals surface area contributed by atoms with Crippen LogP contribution in [0, 0.1) is 5.82 Å². The average Bonchev–Trinajstić information content (AvgIpc) is 2.32. The van der Waals surface area contributed by atoms with Gasteiger partial charge in [0.05, 0.1) is 6.10 Å². The molecule has 0 amide bonds. The van der Waals surface area contributed by atoms with Gasteiger partial charge in [0, 0.05) is 11.1 Å². The Labute approximate surface area is 104 Å². The number of rotatable bonds is 3. The van der Waals surface area contributed by atoms with Crippen molar-refractivity contribution in [3.8, 4) is 0 Å². The first-order chi connectivity index (χ1) is 8.15. The number of benzene rings is 1. The summed E-state index contributed by atoms with van der Waals surface area (Å²) in [7, 11) is 0. The van der Waals surface area contributed by atoms with Crippen LogP contribution in [0.3, 0.4) is 0 Å². The van der Waals surface area contributed by atoms with Crippen molar-refractivity contribution >= 4 is 11.8 Å². The molecule has 0 aliphatic heterocycles. The Balaban J connectivity index is 2.18. The summed E-state index contributed by atoms with van der Waals surface area (Å²) in [6, 6.07) is 9.85. The molecular formula is C13H12FNOS. The van der Waals surface area contributed by atoms with Gasteiger partial charge in [-0.1, -0.05) is 11.8 Å². The second-order valence-electron chi connectivity index (χ2n) is 3.66. The van der Waals surface area contributed by atoms with E-state index in [0.717, 1.165) is 15.5 Å². The molecule has 1 aromatic heterocycles. The minimum atomic E-state index is -0.509. The van der Waals surface area contributed by atoms with E-state index in [9.17, 15) is 9.50 Å². The van der Waals surface area contributed by atoms with Crippen LogP contribution < -0.4 is 0 Å². The van der Waals surface area contributed by atoms with Crippen LogP contribution in [0.1, 0.15) is 18.6 Å². The minimum Gasteiger partial charge on any atom is -0.389 e. The first-order valence-electron chi connectivity index (χ1n) is 5.22. The van der Waals surface area contributed by atoms with Crippen LogP contribution in [0.5, 0.6) is 0 Å². The average molecular weight is 249 g/mol. The number of halogens is 1. The predicted molar refractivity (Wildman–Crippen MR) is 65.4 cm³/mol. The molecule has 2 rings (SSSR count). The van der Waals surface area contributed by atoms with E-state index in [2.05, 4.69) is 4.98 Å². The van der Waals surface area contributed by atoms with E-state index in [1.165, 1.54) is 23.9 Å². The zero-order valence-electron chi connectivity index (χ0n) is 9.30. The van der Waals surface area contributed by atoms with Gasteiger partial charge in [0.2, 0.25) is 0 Å². The Morgan fingerprint density at radius 1 is 1.24 bits per heavy atom. The van der Waals surface area contributed by atoms with Crippen LogP contribution in [0.2, 0.25) is 0 Å². The molecule has 0 spiro atoms. The van der Waals surface area contributed by atoms with Gasteiger partial charge in [-0.05, 0) is 48.9 Å². The summed E-state index contributed by atoms with van der Waals surface area (Å²) >= 11 is 1.44. The van der Waals surface area contributed by atoms with Crippen LogP contribution in [0.25, 0.3) is 0 Å². The topological polar surface area (TPSA) is 33.1 Å². The molecule has 2 aromatic rings. The summed E-state index contributed by atoms with van der Waals surface area (Å²) in [6.45, 7) is 1.71. The fraction of sp³-hybridized carbons (Fsp3) is 0.154. The van der Waals surface area contributed by atoms with Gasteiger partial charge in [-0.25, -0.2) is 9.37 Å². The first-order valence-corrected chi connectivity index (χ1v) is 6.04. The molecule has 17 heavy (non-hydrogen) atoms. The molecule has 0 radical (unpaired) electrons. The molecular weight excluding hydrogens is 237 g/mol. The molecule has 2 nitrogen and oxygen atoms in total. The number of hydrogen-bond donors (Lipinski definition) is 1. The number of aromatic nitrogens is 1. The van der Waals surface area contributed by atoms with Crippen molar-refractivity contribution in [1.82, 2.24) is 4.98 Å². The predicted octanol–water partition coefficient (Wildman–Crippen LogP) is 3.43. The monoisotopic (exact) mass is 249 g/mol. The molecule has 88 valence electrons. The Morgan fingerprint density at radius 3 is 2.59 bits per heavy atom. The molecule has 1 N–H and O–H groups in total.